The molecule has 1 aliphatic heterocycles. The largest absolute Gasteiger partial charge is 0.321 e. The van der Waals surface area contributed by atoms with Gasteiger partial charge in [-0.3, -0.25) is 14.5 Å². The number of nitrogens with zero attached hydrogens (tertiary/aromatic N) is 2. The lowest BCUT2D eigenvalue weighted by atomic mass is 10.1. The molecule has 0 unspecified atom stereocenters. The van der Waals surface area contributed by atoms with Crippen LogP contribution in [0.25, 0.3) is 0 Å². The summed E-state index contributed by atoms with van der Waals surface area (Å²) in [4.78, 5) is 28.0. The van der Waals surface area contributed by atoms with E-state index in [-0.39, 0.29) is 28.0 Å². The lowest BCUT2D eigenvalue weighted by molar-refractivity contribution is -0.117. The van der Waals surface area contributed by atoms with Crippen molar-refractivity contribution in [3.05, 3.63) is 103 Å². The van der Waals surface area contributed by atoms with Crippen LogP contribution in [-0.2, 0) is 16.0 Å². The van der Waals surface area contributed by atoms with Gasteiger partial charge in [-0.05, 0) is 60.5 Å². The molecule has 1 atom stereocenters. The van der Waals surface area contributed by atoms with Gasteiger partial charge in [0.25, 0.3) is 5.91 Å². The lowest BCUT2D eigenvalue weighted by Gasteiger charge is -2.18. The molecule has 1 saturated heterocycles. The van der Waals surface area contributed by atoms with Crippen LogP contribution in [0, 0.1) is 11.3 Å². The molecule has 0 aliphatic carbocycles. The molecule has 0 spiro atoms. The summed E-state index contributed by atoms with van der Waals surface area (Å²) in [6.07, 6.45) is 0.267. The second-order valence-electron chi connectivity index (χ2n) is 7.43. The number of carbonyl (C=O) groups is 2. The van der Waals surface area contributed by atoms with Gasteiger partial charge in [0, 0.05) is 21.4 Å². The van der Waals surface area contributed by atoms with Crippen molar-refractivity contribution in [3.8, 4) is 6.07 Å². The summed E-state index contributed by atoms with van der Waals surface area (Å²) in [6.45, 7) is 0. The highest BCUT2D eigenvalue weighted by Gasteiger charge is 2.41. The number of carbonyl (C=O) groups excluding carboxylic acids is 2. The first-order chi connectivity index (χ1) is 16.8. The number of hydrogen-bond donors (Lipinski definition) is 1. The summed E-state index contributed by atoms with van der Waals surface area (Å²) in [6, 6.07) is 20.4. The molecule has 1 aliphatic rings. The molecule has 0 aromatic heterocycles. The first-order valence-corrected chi connectivity index (χ1v) is 12.6. The molecular formula is C25H15Cl4N3O2S. The zero-order valence-electron chi connectivity index (χ0n) is 17.8. The van der Waals surface area contributed by atoms with Gasteiger partial charge in [0.05, 0.1) is 15.3 Å². The van der Waals surface area contributed by atoms with E-state index in [2.05, 4.69) is 5.32 Å². The monoisotopic (exact) mass is 561 g/mol. The third kappa shape index (κ3) is 5.61. The summed E-state index contributed by atoms with van der Waals surface area (Å²) < 4.78 is 0. The molecular weight excluding hydrogens is 548 g/mol. The summed E-state index contributed by atoms with van der Waals surface area (Å²) in [5.41, 5.74) is 1.38. The molecule has 2 amide bonds. The Morgan fingerprint density at radius 1 is 0.971 bits per heavy atom. The molecule has 176 valence electrons. The maximum atomic E-state index is 13.5. The fourth-order valence-electron chi connectivity index (χ4n) is 3.47. The van der Waals surface area contributed by atoms with Gasteiger partial charge in [-0.15, -0.1) is 0 Å². The van der Waals surface area contributed by atoms with Gasteiger partial charge in [0.1, 0.15) is 16.7 Å². The van der Waals surface area contributed by atoms with E-state index in [1.165, 1.54) is 17.0 Å². The Morgan fingerprint density at radius 3 is 2.37 bits per heavy atom. The van der Waals surface area contributed by atoms with E-state index in [4.69, 9.17) is 46.4 Å². The topological polar surface area (TPSA) is 73.2 Å². The van der Waals surface area contributed by atoms with E-state index in [0.29, 0.717) is 32.0 Å². The Morgan fingerprint density at radius 2 is 1.69 bits per heavy atom. The quantitative estimate of drug-likeness (QED) is 0.260. The van der Waals surface area contributed by atoms with E-state index < -0.39 is 11.2 Å². The predicted molar refractivity (Wildman–Crippen MR) is 143 cm³/mol. The lowest BCUT2D eigenvalue weighted by Crippen LogP contribution is -2.30. The van der Waals surface area contributed by atoms with Crippen molar-refractivity contribution in [1.29, 1.82) is 5.26 Å². The van der Waals surface area contributed by atoms with Crippen molar-refractivity contribution in [2.45, 2.75) is 11.7 Å². The average Bonchev–Trinajstić information content (AvgIpc) is 3.15. The van der Waals surface area contributed by atoms with Gasteiger partial charge in [-0.2, -0.15) is 5.26 Å². The van der Waals surface area contributed by atoms with Crippen LogP contribution in [0.5, 0.6) is 0 Å². The molecule has 1 fully saturated rings. The van der Waals surface area contributed by atoms with Crippen LogP contribution < -0.4 is 10.2 Å². The number of nitriles is 1. The van der Waals surface area contributed by atoms with E-state index >= 15 is 0 Å². The molecule has 3 aromatic rings. The molecule has 1 N–H and O–H groups in total. The zero-order valence-corrected chi connectivity index (χ0v) is 21.6. The predicted octanol–water partition coefficient (Wildman–Crippen LogP) is 7.37. The van der Waals surface area contributed by atoms with Crippen molar-refractivity contribution in [3.63, 3.8) is 0 Å². The minimum atomic E-state index is -0.677. The fraction of sp³-hybridized carbons (Fsp3) is 0.0800. The Bertz CT molecular complexity index is 1390. The number of rotatable bonds is 5. The highest BCUT2D eigenvalue weighted by molar-refractivity contribution is 8.05. The minimum Gasteiger partial charge on any atom is -0.321 e. The van der Waals surface area contributed by atoms with Crippen LogP contribution in [0.2, 0.25) is 20.1 Å². The van der Waals surface area contributed by atoms with Crippen LogP contribution in [0.4, 0.5) is 11.4 Å². The van der Waals surface area contributed by atoms with Gasteiger partial charge in [-0.1, -0.05) is 76.4 Å². The smallest absolute Gasteiger partial charge is 0.269 e. The standard InChI is InChI=1S/C25H15Cl4N3O2S/c26-15-6-8-19(27)14(10-15)11-22-24(34)32(17-4-2-1-3-5-17)25(35-22)18(13-30)23(33)31-16-7-9-20(28)21(29)12-16/h1-10,12,22H,11H2,(H,31,33)/b25-18-/t22-/m1/s1. The fourth-order valence-corrected chi connectivity index (χ4v) is 5.45. The molecule has 0 saturated carbocycles. The Balaban J connectivity index is 1.73. The van der Waals surface area contributed by atoms with Gasteiger partial charge in [-0.25, -0.2) is 0 Å². The maximum Gasteiger partial charge on any atom is 0.269 e. The molecule has 1 heterocycles. The summed E-state index contributed by atoms with van der Waals surface area (Å²) in [7, 11) is 0. The number of benzene rings is 3. The third-order valence-electron chi connectivity index (χ3n) is 5.11. The van der Waals surface area contributed by atoms with Gasteiger partial charge < -0.3 is 5.32 Å². The highest BCUT2D eigenvalue weighted by Crippen LogP contribution is 2.42. The molecule has 5 nitrogen and oxygen atoms in total. The molecule has 0 radical (unpaired) electrons. The Labute approximate surface area is 226 Å². The minimum absolute atomic E-state index is 0.210. The second-order valence-corrected chi connectivity index (χ2v) is 10.3. The van der Waals surface area contributed by atoms with Crippen LogP contribution in [0.15, 0.2) is 77.3 Å². The second kappa shape index (κ2) is 10.9. The number of para-hydroxylation sites is 1. The molecule has 35 heavy (non-hydrogen) atoms. The van der Waals surface area contributed by atoms with Crippen LogP contribution >= 0.6 is 58.2 Å². The molecule has 10 heteroatoms. The molecule has 3 aromatic carbocycles. The van der Waals surface area contributed by atoms with E-state index in [1.807, 2.05) is 12.1 Å². The van der Waals surface area contributed by atoms with Gasteiger partial charge in [0.2, 0.25) is 5.91 Å². The summed E-state index contributed by atoms with van der Waals surface area (Å²) in [5, 5.41) is 13.7. The van der Waals surface area contributed by atoms with Crippen molar-refractivity contribution >= 4 is 81.4 Å². The maximum absolute atomic E-state index is 13.5. The van der Waals surface area contributed by atoms with Crippen molar-refractivity contribution < 1.29 is 9.59 Å². The number of thioether (sulfide) groups is 1. The Kier molecular flexibility index (Phi) is 7.95. The van der Waals surface area contributed by atoms with Crippen molar-refractivity contribution in [2.75, 3.05) is 10.2 Å². The van der Waals surface area contributed by atoms with Gasteiger partial charge >= 0.3 is 0 Å². The van der Waals surface area contributed by atoms with Gasteiger partial charge in [0.15, 0.2) is 0 Å². The summed E-state index contributed by atoms with van der Waals surface area (Å²) in [5.74, 6) is -0.953. The zero-order chi connectivity index (χ0) is 25.1. The average molecular weight is 563 g/mol. The van der Waals surface area contributed by atoms with E-state index in [0.717, 1.165) is 11.8 Å². The van der Waals surface area contributed by atoms with E-state index in [1.54, 1.807) is 48.5 Å². The van der Waals surface area contributed by atoms with Crippen LogP contribution in [0.1, 0.15) is 5.56 Å². The number of hydrogen-bond acceptors (Lipinski definition) is 4. The normalized spacial score (nSPS) is 16.7. The first kappa shape index (κ1) is 25.4. The third-order valence-corrected chi connectivity index (χ3v) is 7.72. The summed E-state index contributed by atoms with van der Waals surface area (Å²) >= 11 is 25.6. The number of nitrogens with one attached hydrogen (secondary N) is 1. The highest BCUT2D eigenvalue weighted by atomic mass is 35.5. The van der Waals surface area contributed by atoms with E-state index in [9.17, 15) is 14.9 Å². The van der Waals surface area contributed by atoms with Crippen molar-refractivity contribution in [2.24, 2.45) is 0 Å². The molecule has 0 bridgehead atoms. The van der Waals surface area contributed by atoms with Crippen LogP contribution in [-0.4, -0.2) is 17.1 Å². The van der Waals surface area contributed by atoms with Crippen LogP contribution in [0.3, 0.4) is 0 Å². The Hall–Kier alpha value is -2.66. The van der Waals surface area contributed by atoms with Crippen molar-refractivity contribution in [1.82, 2.24) is 0 Å². The molecule has 4 rings (SSSR count). The first-order valence-electron chi connectivity index (χ1n) is 10.2. The number of halogens is 4. The number of anilines is 2. The number of amides is 2. The SMILES string of the molecule is N#C/C(C(=O)Nc1ccc(Cl)c(Cl)c1)=C1/S[C@H](Cc2cc(Cl)ccc2Cl)C(=O)N1c1ccccc1.